The van der Waals surface area contributed by atoms with Gasteiger partial charge >= 0.3 is 10.1 Å². The van der Waals surface area contributed by atoms with Gasteiger partial charge < -0.3 is 14.4 Å². The van der Waals surface area contributed by atoms with E-state index >= 15 is 0 Å². The van der Waals surface area contributed by atoms with Crippen LogP contribution < -0.4 is 14.4 Å². The second kappa shape index (κ2) is 9.87. The summed E-state index contributed by atoms with van der Waals surface area (Å²) < 4.78 is 29.9. The lowest BCUT2D eigenvalue weighted by molar-refractivity contribution is -0.385. The van der Waals surface area contributed by atoms with Gasteiger partial charge in [-0.3, -0.25) is 14.9 Å². The van der Waals surface area contributed by atoms with Crippen LogP contribution in [-0.4, -0.2) is 37.3 Å². The first-order chi connectivity index (χ1) is 16.3. The standard InChI is InChI=1S/C23H22N4O6S/c28-23(25-18-9-12-22(24-16-18)26-13-2-1-3-14-26)17-7-10-20(11-8-17)33-34(31,32)21-6-4-5-19(15-21)27(29)30/h4-12,15-16H,1-3,13-14H2,(H,25,28). The van der Waals surface area contributed by atoms with Crippen LogP contribution in [0.4, 0.5) is 17.2 Å². The van der Waals surface area contributed by atoms with Gasteiger partial charge in [-0.2, -0.15) is 8.42 Å². The maximum Gasteiger partial charge on any atom is 0.339 e. The zero-order chi connectivity index (χ0) is 24.1. The Labute approximate surface area is 196 Å². The number of benzene rings is 2. The number of carbonyl (C=O) groups is 1. The molecule has 0 radical (unpaired) electrons. The van der Waals surface area contributed by atoms with Gasteiger partial charge in [0.25, 0.3) is 11.6 Å². The van der Waals surface area contributed by atoms with E-state index in [0.29, 0.717) is 11.3 Å². The molecule has 0 spiro atoms. The minimum atomic E-state index is -4.28. The van der Waals surface area contributed by atoms with E-state index < -0.39 is 15.0 Å². The number of aromatic nitrogens is 1. The van der Waals surface area contributed by atoms with Gasteiger partial charge in [-0.15, -0.1) is 0 Å². The molecule has 34 heavy (non-hydrogen) atoms. The number of nitrogens with zero attached hydrogens (tertiary/aromatic N) is 3. The maximum atomic E-state index is 12.5. The van der Waals surface area contributed by atoms with Crippen LogP contribution in [0.15, 0.2) is 71.8 Å². The number of amides is 1. The number of nitrogens with one attached hydrogen (secondary N) is 1. The minimum absolute atomic E-state index is 0.0318. The zero-order valence-electron chi connectivity index (χ0n) is 18.1. The van der Waals surface area contributed by atoms with Crippen molar-refractivity contribution in [3.63, 3.8) is 0 Å². The molecule has 1 N–H and O–H groups in total. The van der Waals surface area contributed by atoms with Gasteiger partial charge in [0, 0.05) is 30.8 Å². The molecule has 4 rings (SSSR count). The van der Waals surface area contributed by atoms with E-state index in [0.717, 1.165) is 37.8 Å². The molecule has 176 valence electrons. The first kappa shape index (κ1) is 23.2. The third-order valence-electron chi connectivity index (χ3n) is 5.33. The monoisotopic (exact) mass is 482 g/mol. The average molecular weight is 483 g/mol. The molecule has 0 atom stereocenters. The summed E-state index contributed by atoms with van der Waals surface area (Å²) in [7, 11) is -4.28. The Morgan fingerprint density at radius 2 is 1.76 bits per heavy atom. The molecule has 1 aliphatic heterocycles. The van der Waals surface area contributed by atoms with Crippen LogP contribution in [0, 0.1) is 10.1 Å². The van der Waals surface area contributed by atoms with Gasteiger partial charge in [-0.05, 0) is 61.7 Å². The highest BCUT2D eigenvalue weighted by atomic mass is 32.2. The van der Waals surface area contributed by atoms with E-state index in [1.807, 2.05) is 6.07 Å². The maximum absolute atomic E-state index is 12.5. The second-order valence-electron chi connectivity index (χ2n) is 7.72. The summed E-state index contributed by atoms with van der Waals surface area (Å²) in [5, 5.41) is 13.6. The van der Waals surface area contributed by atoms with Gasteiger partial charge in [-0.25, -0.2) is 4.98 Å². The summed E-state index contributed by atoms with van der Waals surface area (Å²) >= 11 is 0. The van der Waals surface area contributed by atoms with Crippen LogP contribution in [0.3, 0.4) is 0 Å². The minimum Gasteiger partial charge on any atom is -0.379 e. The number of nitro benzene ring substituents is 1. The Kier molecular flexibility index (Phi) is 6.73. The van der Waals surface area contributed by atoms with E-state index in [9.17, 15) is 23.3 Å². The highest BCUT2D eigenvalue weighted by Crippen LogP contribution is 2.23. The lowest BCUT2D eigenvalue weighted by Gasteiger charge is -2.27. The van der Waals surface area contributed by atoms with Crippen LogP contribution in [0.5, 0.6) is 5.75 Å². The number of non-ortho nitro benzene ring substituents is 1. The van der Waals surface area contributed by atoms with Gasteiger partial charge in [0.15, 0.2) is 0 Å². The summed E-state index contributed by atoms with van der Waals surface area (Å²) in [6, 6.07) is 13.7. The molecule has 1 amide bonds. The van der Waals surface area contributed by atoms with Crippen LogP contribution in [-0.2, 0) is 10.1 Å². The predicted molar refractivity (Wildman–Crippen MR) is 126 cm³/mol. The number of hydrogen-bond acceptors (Lipinski definition) is 8. The van der Waals surface area contributed by atoms with Crippen LogP contribution in [0.25, 0.3) is 0 Å². The van der Waals surface area contributed by atoms with Gasteiger partial charge in [0.1, 0.15) is 16.5 Å². The van der Waals surface area contributed by atoms with E-state index in [1.165, 1.54) is 48.9 Å². The van der Waals surface area contributed by atoms with Crippen molar-refractivity contribution in [3.05, 3.63) is 82.5 Å². The number of nitro groups is 1. The fourth-order valence-electron chi connectivity index (χ4n) is 3.56. The summed E-state index contributed by atoms with van der Waals surface area (Å²) in [5.41, 5.74) is 0.467. The lowest BCUT2D eigenvalue weighted by atomic mass is 10.1. The normalized spacial score (nSPS) is 13.8. The smallest absolute Gasteiger partial charge is 0.339 e. The van der Waals surface area contributed by atoms with Crippen molar-refractivity contribution in [1.29, 1.82) is 0 Å². The molecule has 0 bridgehead atoms. The van der Waals surface area contributed by atoms with E-state index in [4.69, 9.17) is 4.18 Å². The molecular formula is C23H22N4O6S. The Bertz CT molecular complexity index is 1290. The molecule has 11 heteroatoms. The van der Waals surface area contributed by atoms with E-state index in [1.54, 1.807) is 12.3 Å². The largest absolute Gasteiger partial charge is 0.379 e. The Morgan fingerprint density at radius 3 is 2.41 bits per heavy atom. The van der Waals surface area contributed by atoms with Crippen molar-refractivity contribution in [2.24, 2.45) is 0 Å². The first-order valence-corrected chi connectivity index (χ1v) is 12.0. The number of rotatable bonds is 7. The number of carbonyl (C=O) groups excluding carboxylic acids is 1. The number of anilines is 2. The molecule has 1 saturated heterocycles. The van der Waals surface area contributed by atoms with Crippen LogP contribution >= 0.6 is 0 Å². The van der Waals surface area contributed by atoms with Crippen molar-refractivity contribution < 1.29 is 22.3 Å². The van der Waals surface area contributed by atoms with Gasteiger partial charge in [0.2, 0.25) is 0 Å². The highest BCUT2D eigenvalue weighted by Gasteiger charge is 2.20. The molecule has 0 aliphatic carbocycles. The Morgan fingerprint density at radius 1 is 1.03 bits per heavy atom. The SMILES string of the molecule is O=C(Nc1ccc(N2CCCCC2)nc1)c1ccc(OS(=O)(=O)c2cccc([N+](=O)[O-])c2)cc1. The molecule has 3 aromatic rings. The fourth-order valence-corrected chi connectivity index (χ4v) is 4.53. The van der Waals surface area contributed by atoms with Crippen molar-refractivity contribution in [1.82, 2.24) is 4.98 Å². The summed E-state index contributed by atoms with van der Waals surface area (Å²) in [5.74, 6) is 0.459. The Hall–Kier alpha value is -3.99. The number of piperidine rings is 1. The zero-order valence-corrected chi connectivity index (χ0v) is 18.9. The molecule has 10 nitrogen and oxygen atoms in total. The van der Waals surface area contributed by atoms with Crippen molar-refractivity contribution in [2.45, 2.75) is 24.2 Å². The molecule has 2 aromatic carbocycles. The predicted octanol–water partition coefficient (Wildman–Crippen LogP) is 4.00. The summed E-state index contributed by atoms with van der Waals surface area (Å²) in [4.78, 5) is 29.0. The van der Waals surface area contributed by atoms with Gasteiger partial charge in [0.05, 0.1) is 16.8 Å². The number of hydrogen-bond donors (Lipinski definition) is 1. The first-order valence-electron chi connectivity index (χ1n) is 10.6. The van der Waals surface area contributed by atoms with E-state index in [-0.39, 0.29) is 22.2 Å². The van der Waals surface area contributed by atoms with E-state index in [2.05, 4.69) is 15.2 Å². The summed E-state index contributed by atoms with van der Waals surface area (Å²) in [6.07, 6.45) is 5.12. The molecule has 0 saturated carbocycles. The van der Waals surface area contributed by atoms with Crippen molar-refractivity contribution in [2.75, 3.05) is 23.3 Å². The fraction of sp³-hybridized carbons (Fsp3) is 0.217. The quantitative estimate of drug-likeness (QED) is 0.304. The molecule has 0 unspecified atom stereocenters. The lowest BCUT2D eigenvalue weighted by Crippen LogP contribution is -2.30. The third kappa shape index (κ3) is 5.49. The van der Waals surface area contributed by atoms with Crippen molar-refractivity contribution >= 4 is 33.2 Å². The molecule has 1 aromatic heterocycles. The molecule has 1 aliphatic rings. The van der Waals surface area contributed by atoms with Crippen LogP contribution in [0.2, 0.25) is 0 Å². The average Bonchev–Trinajstić information content (AvgIpc) is 2.85. The Balaban J connectivity index is 1.39. The second-order valence-corrected chi connectivity index (χ2v) is 9.27. The highest BCUT2D eigenvalue weighted by molar-refractivity contribution is 7.87. The van der Waals surface area contributed by atoms with Crippen LogP contribution in [0.1, 0.15) is 29.6 Å². The van der Waals surface area contributed by atoms with Crippen molar-refractivity contribution in [3.8, 4) is 5.75 Å². The molecular weight excluding hydrogens is 460 g/mol. The summed E-state index contributed by atoms with van der Waals surface area (Å²) in [6.45, 7) is 1.95. The molecule has 2 heterocycles. The topological polar surface area (TPSA) is 132 Å². The molecule has 1 fully saturated rings. The third-order valence-corrected chi connectivity index (χ3v) is 6.57. The van der Waals surface area contributed by atoms with Gasteiger partial charge in [-0.1, -0.05) is 6.07 Å². The number of pyridine rings is 1.